The van der Waals surface area contributed by atoms with Crippen molar-refractivity contribution in [3.05, 3.63) is 57.3 Å². The lowest BCUT2D eigenvalue weighted by molar-refractivity contribution is -0.118. The van der Waals surface area contributed by atoms with Crippen LogP contribution in [0.4, 0.5) is 10.1 Å². The van der Waals surface area contributed by atoms with E-state index in [1.165, 1.54) is 18.2 Å². The van der Waals surface area contributed by atoms with Crippen molar-refractivity contribution in [1.82, 2.24) is 0 Å². The molecule has 0 aliphatic rings. The molecular weight excluding hydrogens is 340 g/mol. The normalized spacial score (nSPS) is 10.3. The molecule has 0 aliphatic carbocycles. The standard InChI is InChI=1S/C14H9Cl3FNO2/c15-10-3-1-8(5-11(10)16)19-14(20)7-21-9-2-4-13(18)12(17)6-9/h1-6H,7H2,(H,19,20). The highest BCUT2D eigenvalue weighted by Gasteiger charge is 2.07. The minimum Gasteiger partial charge on any atom is -0.484 e. The smallest absolute Gasteiger partial charge is 0.262 e. The van der Waals surface area contributed by atoms with Gasteiger partial charge in [-0.2, -0.15) is 0 Å². The van der Waals surface area contributed by atoms with Crippen molar-refractivity contribution in [3.63, 3.8) is 0 Å². The Labute approximate surface area is 135 Å². The molecule has 0 atom stereocenters. The fourth-order valence-corrected chi connectivity index (χ4v) is 1.96. The second kappa shape index (κ2) is 6.98. The Morgan fingerprint density at radius 1 is 1.05 bits per heavy atom. The summed E-state index contributed by atoms with van der Waals surface area (Å²) in [4.78, 5) is 11.7. The van der Waals surface area contributed by atoms with Gasteiger partial charge < -0.3 is 10.1 Å². The van der Waals surface area contributed by atoms with Crippen LogP contribution < -0.4 is 10.1 Å². The van der Waals surface area contributed by atoms with Gasteiger partial charge in [0.1, 0.15) is 11.6 Å². The number of carbonyl (C=O) groups excluding carboxylic acids is 1. The first-order valence-electron chi connectivity index (χ1n) is 5.78. The molecule has 1 amide bonds. The summed E-state index contributed by atoms with van der Waals surface area (Å²) < 4.78 is 18.2. The lowest BCUT2D eigenvalue weighted by Crippen LogP contribution is -2.20. The van der Waals surface area contributed by atoms with E-state index in [1.807, 2.05) is 0 Å². The van der Waals surface area contributed by atoms with Crippen molar-refractivity contribution in [2.75, 3.05) is 11.9 Å². The third-order valence-electron chi connectivity index (χ3n) is 2.46. The summed E-state index contributed by atoms with van der Waals surface area (Å²) >= 11 is 17.2. The Bertz CT molecular complexity index is 679. The van der Waals surface area contributed by atoms with Gasteiger partial charge >= 0.3 is 0 Å². The summed E-state index contributed by atoms with van der Waals surface area (Å²) in [5.74, 6) is -0.649. The van der Waals surface area contributed by atoms with Gasteiger partial charge in [0, 0.05) is 11.8 Å². The molecule has 0 radical (unpaired) electrons. The van der Waals surface area contributed by atoms with Crippen molar-refractivity contribution in [1.29, 1.82) is 0 Å². The van der Waals surface area contributed by atoms with Gasteiger partial charge in [-0.05, 0) is 30.3 Å². The molecule has 2 aromatic carbocycles. The average Bonchev–Trinajstić information content (AvgIpc) is 2.44. The molecule has 1 N–H and O–H groups in total. The number of amides is 1. The summed E-state index contributed by atoms with van der Waals surface area (Å²) in [7, 11) is 0. The van der Waals surface area contributed by atoms with Crippen LogP contribution in [0.2, 0.25) is 15.1 Å². The Balaban J connectivity index is 1.92. The number of carbonyl (C=O) groups is 1. The molecule has 7 heteroatoms. The van der Waals surface area contributed by atoms with Crippen LogP contribution in [0.3, 0.4) is 0 Å². The quantitative estimate of drug-likeness (QED) is 0.861. The maximum absolute atomic E-state index is 13.0. The molecule has 110 valence electrons. The molecule has 0 unspecified atom stereocenters. The minimum atomic E-state index is -0.552. The summed E-state index contributed by atoms with van der Waals surface area (Å²) in [5, 5.41) is 3.25. The Morgan fingerprint density at radius 3 is 2.48 bits per heavy atom. The van der Waals surface area contributed by atoms with Gasteiger partial charge in [0.15, 0.2) is 6.61 Å². The molecule has 2 rings (SSSR count). The molecule has 0 spiro atoms. The van der Waals surface area contributed by atoms with Crippen LogP contribution in [-0.4, -0.2) is 12.5 Å². The van der Waals surface area contributed by atoms with Crippen LogP contribution in [0.1, 0.15) is 0 Å². The van der Waals surface area contributed by atoms with E-state index in [9.17, 15) is 9.18 Å². The van der Waals surface area contributed by atoms with Gasteiger partial charge in [-0.15, -0.1) is 0 Å². The van der Waals surface area contributed by atoms with Gasteiger partial charge in [-0.1, -0.05) is 34.8 Å². The maximum atomic E-state index is 13.0. The topological polar surface area (TPSA) is 38.3 Å². The Hall–Kier alpha value is -1.49. The van der Waals surface area contributed by atoms with Gasteiger partial charge in [-0.3, -0.25) is 4.79 Å². The first-order chi connectivity index (χ1) is 9.95. The first kappa shape index (κ1) is 15.9. The maximum Gasteiger partial charge on any atom is 0.262 e. The van der Waals surface area contributed by atoms with Gasteiger partial charge in [0.25, 0.3) is 5.91 Å². The predicted molar refractivity (Wildman–Crippen MR) is 82.0 cm³/mol. The monoisotopic (exact) mass is 347 g/mol. The third-order valence-corrected chi connectivity index (χ3v) is 3.49. The molecule has 0 saturated carbocycles. The highest BCUT2D eigenvalue weighted by molar-refractivity contribution is 6.42. The Kier molecular flexibility index (Phi) is 5.28. The van der Waals surface area contributed by atoms with Gasteiger partial charge in [0.05, 0.1) is 15.1 Å². The van der Waals surface area contributed by atoms with Crippen LogP contribution in [-0.2, 0) is 4.79 Å². The zero-order valence-electron chi connectivity index (χ0n) is 10.5. The molecule has 0 aromatic heterocycles. The van der Waals surface area contributed by atoms with E-state index in [2.05, 4.69) is 5.32 Å². The molecule has 0 fully saturated rings. The van der Waals surface area contributed by atoms with E-state index < -0.39 is 11.7 Å². The SMILES string of the molecule is O=C(COc1ccc(F)c(Cl)c1)Nc1ccc(Cl)c(Cl)c1. The molecule has 0 saturated heterocycles. The van der Waals surface area contributed by atoms with Crippen LogP contribution in [0.25, 0.3) is 0 Å². The van der Waals surface area contributed by atoms with E-state index >= 15 is 0 Å². The highest BCUT2D eigenvalue weighted by atomic mass is 35.5. The van der Waals surface area contributed by atoms with Gasteiger partial charge in [-0.25, -0.2) is 4.39 Å². The van der Waals surface area contributed by atoms with E-state index in [-0.39, 0.29) is 11.6 Å². The van der Waals surface area contributed by atoms with Crippen LogP contribution >= 0.6 is 34.8 Å². The van der Waals surface area contributed by atoms with Crippen molar-refractivity contribution >= 4 is 46.4 Å². The number of benzene rings is 2. The molecule has 0 aliphatic heterocycles. The predicted octanol–water partition coefficient (Wildman–Crippen LogP) is 4.80. The molecule has 3 nitrogen and oxygen atoms in total. The molecule has 0 heterocycles. The zero-order valence-corrected chi connectivity index (χ0v) is 12.8. The van der Waals surface area contributed by atoms with E-state index in [4.69, 9.17) is 39.5 Å². The third kappa shape index (κ3) is 4.49. The van der Waals surface area contributed by atoms with Crippen LogP contribution in [0.15, 0.2) is 36.4 Å². The van der Waals surface area contributed by atoms with Crippen LogP contribution in [0, 0.1) is 5.82 Å². The number of hydrogen-bond acceptors (Lipinski definition) is 2. The van der Waals surface area contributed by atoms with Crippen molar-refractivity contribution in [2.24, 2.45) is 0 Å². The fraction of sp³-hybridized carbons (Fsp3) is 0.0714. The van der Waals surface area contributed by atoms with E-state index in [1.54, 1.807) is 12.1 Å². The Morgan fingerprint density at radius 2 is 1.81 bits per heavy atom. The summed E-state index contributed by atoms with van der Waals surface area (Å²) in [6, 6.07) is 8.54. The van der Waals surface area contributed by atoms with Crippen molar-refractivity contribution < 1.29 is 13.9 Å². The van der Waals surface area contributed by atoms with Gasteiger partial charge in [0.2, 0.25) is 0 Å². The fourth-order valence-electron chi connectivity index (χ4n) is 1.49. The second-order valence-corrected chi connectivity index (χ2v) is 5.26. The highest BCUT2D eigenvalue weighted by Crippen LogP contribution is 2.25. The minimum absolute atomic E-state index is 0.0719. The molecule has 2 aromatic rings. The van der Waals surface area contributed by atoms with E-state index in [0.717, 1.165) is 6.07 Å². The van der Waals surface area contributed by atoms with Crippen molar-refractivity contribution in [2.45, 2.75) is 0 Å². The van der Waals surface area contributed by atoms with E-state index in [0.29, 0.717) is 21.5 Å². The number of anilines is 1. The lowest BCUT2D eigenvalue weighted by atomic mass is 10.3. The number of hydrogen-bond donors (Lipinski definition) is 1. The summed E-state index contributed by atoms with van der Waals surface area (Å²) in [6.45, 7) is -0.248. The summed E-state index contributed by atoms with van der Waals surface area (Å²) in [5.41, 5.74) is 0.495. The van der Waals surface area contributed by atoms with Crippen LogP contribution in [0.5, 0.6) is 5.75 Å². The lowest BCUT2D eigenvalue weighted by Gasteiger charge is -2.08. The number of ether oxygens (including phenoxy) is 1. The molecular formula is C14H9Cl3FNO2. The zero-order chi connectivity index (χ0) is 15.4. The molecule has 0 bridgehead atoms. The number of nitrogens with one attached hydrogen (secondary N) is 1. The number of halogens is 4. The van der Waals surface area contributed by atoms with Crippen molar-refractivity contribution in [3.8, 4) is 5.75 Å². The average molecular weight is 349 g/mol. The summed E-state index contributed by atoms with van der Waals surface area (Å²) in [6.07, 6.45) is 0. The first-order valence-corrected chi connectivity index (χ1v) is 6.92. The second-order valence-electron chi connectivity index (χ2n) is 4.04. The number of rotatable bonds is 4. The molecule has 21 heavy (non-hydrogen) atoms. The largest absolute Gasteiger partial charge is 0.484 e.